The highest BCUT2D eigenvalue weighted by Crippen LogP contribution is 2.49. The molecule has 30 heavy (non-hydrogen) atoms. The lowest BCUT2D eigenvalue weighted by Gasteiger charge is -2.25. The number of carbonyl (C=O) groups excluding carboxylic acids is 3. The third-order valence-corrected chi connectivity index (χ3v) is 8.18. The van der Waals surface area contributed by atoms with Gasteiger partial charge in [0.2, 0.25) is 5.91 Å². The van der Waals surface area contributed by atoms with Gasteiger partial charge in [-0.2, -0.15) is 0 Å². The van der Waals surface area contributed by atoms with Gasteiger partial charge in [0.1, 0.15) is 0 Å². The maximum absolute atomic E-state index is 12.0. The van der Waals surface area contributed by atoms with E-state index in [4.69, 9.17) is 13.6 Å². The molecule has 0 rings (SSSR count). The van der Waals surface area contributed by atoms with E-state index in [1.54, 1.807) is 0 Å². The predicted octanol–water partition coefficient (Wildman–Crippen LogP) is 4.39. The van der Waals surface area contributed by atoms with Gasteiger partial charge in [0, 0.05) is 28.9 Å². The Bertz CT molecular complexity index is 581. The molecule has 0 aromatic carbocycles. The molecule has 0 aliphatic rings. The van der Waals surface area contributed by atoms with Gasteiger partial charge in [0.05, 0.1) is 24.2 Å². The first kappa shape index (κ1) is 30.4. The van der Waals surface area contributed by atoms with E-state index < -0.39 is 18.4 Å². The van der Waals surface area contributed by atoms with Crippen molar-refractivity contribution < 1.29 is 28.0 Å². The average molecular weight is 596 g/mol. The molecule has 0 fully saturated rings. The quantitative estimate of drug-likeness (QED) is 0.145. The number of rotatable bonds is 13. The summed E-state index contributed by atoms with van der Waals surface area (Å²) in [6.07, 6.45) is 3.98. The molecule has 0 atom stereocenters. The normalized spacial score (nSPS) is 12.6. The maximum atomic E-state index is 12.0. The lowest BCUT2D eigenvalue weighted by atomic mass is 9.99. The van der Waals surface area contributed by atoms with Gasteiger partial charge in [0.15, 0.2) is 10.2 Å². The fourth-order valence-corrected chi connectivity index (χ4v) is 5.01. The lowest BCUT2D eigenvalue weighted by Crippen LogP contribution is -2.27. The summed E-state index contributed by atoms with van der Waals surface area (Å²) in [6.45, 7) is 12.2. The fraction of sp³-hybridized carbons (Fsp3) is 0.789. The van der Waals surface area contributed by atoms with Crippen LogP contribution in [0.25, 0.3) is 0 Å². The number of amides is 1. The first-order valence-corrected chi connectivity index (χ1v) is 14.8. The molecule has 0 bridgehead atoms. The van der Waals surface area contributed by atoms with Gasteiger partial charge < -0.3 is 18.9 Å². The van der Waals surface area contributed by atoms with Crippen LogP contribution in [-0.4, -0.2) is 64.7 Å². The molecule has 11 heteroatoms. The molecule has 1 amide bonds. The Hall–Kier alpha value is 0.420. The second kappa shape index (κ2) is 14.5. The van der Waals surface area contributed by atoms with E-state index in [0.29, 0.717) is 22.5 Å². The topological polar surface area (TPSA) is 90.9 Å². The summed E-state index contributed by atoms with van der Waals surface area (Å²) < 4.78 is 17.6. The van der Waals surface area contributed by atoms with E-state index in [1.807, 2.05) is 64.1 Å². The molecule has 1 N–H and O–H groups in total. The van der Waals surface area contributed by atoms with Crippen LogP contribution in [0.2, 0.25) is 0 Å². The van der Waals surface area contributed by atoms with Crippen LogP contribution in [0.4, 0.5) is 0 Å². The van der Waals surface area contributed by atoms with E-state index in [2.05, 4.69) is 11.6 Å². The van der Waals surface area contributed by atoms with Gasteiger partial charge in [-0.3, -0.25) is 14.4 Å². The number of alkyl halides is 1. The van der Waals surface area contributed by atoms with Crippen molar-refractivity contribution >= 4 is 76.1 Å². The van der Waals surface area contributed by atoms with Gasteiger partial charge in [-0.1, -0.05) is 87.7 Å². The van der Waals surface area contributed by atoms with E-state index in [0.717, 1.165) is 0 Å². The highest BCUT2D eigenvalue weighted by molar-refractivity contribution is 14.1. The van der Waals surface area contributed by atoms with Crippen molar-refractivity contribution in [3.05, 3.63) is 0 Å². The van der Waals surface area contributed by atoms with Crippen LogP contribution in [0.5, 0.6) is 0 Å². The Labute approximate surface area is 203 Å². The summed E-state index contributed by atoms with van der Waals surface area (Å²) >= 11 is 4.39. The highest BCUT2D eigenvalue weighted by Gasteiger charge is 2.24. The molecule has 176 valence electrons. The largest absolute Gasteiger partial charge is 0.353 e. The number of carbonyl (C=O) groups is 3. The van der Waals surface area contributed by atoms with Crippen LogP contribution in [0.15, 0.2) is 0 Å². The molecule has 0 spiro atoms. The summed E-state index contributed by atoms with van der Waals surface area (Å²) in [5, 5.41) is 2.88. The average Bonchev–Trinajstić information content (AvgIpc) is 2.63. The molecular formula is C19H35INO6PS2. The SMILES string of the molecule is C=P(OCCNC(=O)CI)(OCCSC(=O)C(C)(C)C)OCCSC(=O)C(C)(C)C. The van der Waals surface area contributed by atoms with Crippen LogP contribution in [0, 0.1) is 10.8 Å². The van der Waals surface area contributed by atoms with Crippen molar-refractivity contribution in [2.75, 3.05) is 42.3 Å². The second-order valence-electron chi connectivity index (χ2n) is 8.37. The van der Waals surface area contributed by atoms with Crippen molar-refractivity contribution in [2.45, 2.75) is 41.5 Å². The number of halogens is 1. The Morgan fingerprint density at radius 3 is 1.63 bits per heavy atom. The Morgan fingerprint density at radius 1 is 0.867 bits per heavy atom. The van der Waals surface area contributed by atoms with Gasteiger partial charge in [0.25, 0.3) is 7.57 Å². The smallest absolute Gasteiger partial charge is 0.250 e. The van der Waals surface area contributed by atoms with Crippen LogP contribution < -0.4 is 5.32 Å². The van der Waals surface area contributed by atoms with Crippen LogP contribution in [-0.2, 0) is 28.0 Å². The number of hydrogen-bond donors (Lipinski definition) is 1. The standard InChI is InChI=1S/C19H35INO6PS2/c1-18(2,3)16(23)29-12-10-26-28(7,25-9-8-21-15(22)14-20)27-11-13-30-17(24)19(4,5)6/h7-14H2,1-6H3,(H,21,22). The summed E-state index contributed by atoms with van der Waals surface area (Å²) in [7, 11) is -2.89. The number of thioether (sulfide) groups is 2. The van der Waals surface area contributed by atoms with Crippen molar-refractivity contribution in [3.8, 4) is 0 Å². The Balaban J connectivity index is 4.60. The summed E-state index contributed by atoms with van der Waals surface area (Å²) in [6, 6.07) is 0. The minimum Gasteiger partial charge on any atom is -0.353 e. The minimum absolute atomic E-state index is 0.0804. The molecule has 0 aliphatic heterocycles. The zero-order chi connectivity index (χ0) is 23.4. The van der Waals surface area contributed by atoms with Crippen molar-refractivity contribution in [2.24, 2.45) is 10.8 Å². The third kappa shape index (κ3) is 14.5. The molecule has 0 heterocycles. The van der Waals surface area contributed by atoms with E-state index in [1.165, 1.54) is 23.5 Å². The first-order chi connectivity index (χ1) is 13.7. The Morgan fingerprint density at radius 2 is 1.27 bits per heavy atom. The second-order valence-corrected chi connectivity index (χ2v) is 13.3. The zero-order valence-electron chi connectivity index (χ0n) is 18.7. The molecule has 0 saturated carbocycles. The monoisotopic (exact) mass is 595 g/mol. The van der Waals surface area contributed by atoms with Crippen molar-refractivity contribution in [3.63, 3.8) is 0 Å². The zero-order valence-corrected chi connectivity index (χ0v) is 23.4. The van der Waals surface area contributed by atoms with Crippen LogP contribution in [0.1, 0.15) is 41.5 Å². The number of hydrogen-bond acceptors (Lipinski definition) is 8. The van der Waals surface area contributed by atoms with Gasteiger partial charge >= 0.3 is 0 Å². The molecule has 0 aromatic rings. The van der Waals surface area contributed by atoms with E-state index in [9.17, 15) is 14.4 Å². The Kier molecular flexibility index (Phi) is 14.7. The maximum Gasteiger partial charge on any atom is 0.250 e. The summed E-state index contributed by atoms with van der Waals surface area (Å²) in [5.41, 5.74) is -0.829. The molecule has 0 unspecified atom stereocenters. The van der Waals surface area contributed by atoms with Gasteiger partial charge in [-0.05, 0) is 6.30 Å². The molecule has 0 radical (unpaired) electrons. The molecule has 0 saturated heterocycles. The minimum atomic E-state index is -2.89. The lowest BCUT2D eigenvalue weighted by molar-refractivity contribution is -0.118. The molecular weight excluding hydrogens is 560 g/mol. The van der Waals surface area contributed by atoms with Gasteiger partial charge in [-0.15, -0.1) is 0 Å². The van der Waals surface area contributed by atoms with Crippen molar-refractivity contribution in [1.29, 1.82) is 0 Å². The molecule has 0 aromatic heterocycles. The summed E-state index contributed by atoms with van der Waals surface area (Å²) in [4.78, 5) is 35.4. The highest BCUT2D eigenvalue weighted by atomic mass is 127. The predicted molar refractivity (Wildman–Crippen MR) is 138 cm³/mol. The number of nitrogens with one attached hydrogen (secondary N) is 1. The van der Waals surface area contributed by atoms with Crippen molar-refractivity contribution in [1.82, 2.24) is 5.32 Å². The van der Waals surface area contributed by atoms with Gasteiger partial charge in [-0.25, -0.2) is 0 Å². The van der Waals surface area contributed by atoms with E-state index >= 15 is 0 Å². The molecule has 0 aliphatic carbocycles. The van der Waals surface area contributed by atoms with E-state index in [-0.39, 0.29) is 36.0 Å². The van der Waals surface area contributed by atoms with Crippen LogP contribution >= 0.6 is 53.7 Å². The first-order valence-electron chi connectivity index (χ1n) is 9.55. The fourth-order valence-electron chi connectivity index (χ4n) is 1.59. The van der Waals surface area contributed by atoms with Crippen LogP contribution in [0.3, 0.4) is 0 Å². The third-order valence-electron chi connectivity index (χ3n) is 3.27. The molecule has 7 nitrogen and oxygen atoms in total. The summed E-state index contributed by atoms with van der Waals surface area (Å²) in [5.74, 6) is 0.842.